The second kappa shape index (κ2) is 6.08. The molecule has 110 valence electrons. The van der Waals surface area contributed by atoms with E-state index in [-0.39, 0.29) is 0 Å². The fraction of sp³-hybridized carbons (Fsp3) is 0.333. The summed E-state index contributed by atoms with van der Waals surface area (Å²) in [6.45, 7) is 2.34. The Morgan fingerprint density at radius 3 is 2.19 bits per heavy atom. The standard InChI is InChI=1S/C18H21NO2/c1-20-16-9-10-17(18(13-16)21-2)14-5-7-15(8-6-14)19-11-3-4-12-19/h5-10,13H,3-4,11-12H2,1-2H3. The van der Waals surface area contributed by atoms with Crippen LogP contribution in [0.1, 0.15) is 12.8 Å². The molecule has 0 radical (unpaired) electrons. The summed E-state index contributed by atoms with van der Waals surface area (Å²) in [4.78, 5) is 2.44. The van der Waals surface area contributed by atoms with Gasteiger partial charge in [0.15, 0.2) is 0 Å². The highest BCUT2D eigenvalue weighted by Crippen LogP contribution is 2.34. The van der Waals surface area contributed by atoms with Crippen molar-refractivity contribution in [1.82, 2.24) is 0 Å². The van der Waals surface area contributed by atoms with E-state index in [2.05, 4.69) is 29.2 Å². The number of rotatable bonds is 4. The first-order chi connectivity index (χ1) is 10.3. The minimum atomic E-state index is 0.810. The van der Waals surface area contributed by atoms with Gasteiger partial charge in [0.2, 0.25) is 0 Å². The smallest absolute Gasteiger partial charge is 0.130 e. The third kappa shape index (κ3) is 2.82. The fourth-order valence-electron chi connectivity index (χ4n) is 2.86. The van der Waals surface area contributed by atoms with Crippen LogP contribution in [0.25, 0.3) is 11.1 Å². The molecular formula is C18H21NO2. The van der Waals surface area contributed by atoms with E-state index in [4.69, 9.17) is 9.47 Å². The Morgan fingerprint density at radius 1 is 0.857 bits per heavy atom. The monoisotopic (exact) mass is 283 g/mol. The molecule has 1 aliphatic rings. The molecule has 0 N–H and O–H groups in total. The van der Waals surface area contributed by atoms with E-state index >= 15 is 0 Å². The van der Waals surface area contributed by atoms with Crippen molar-refractivity contribution >= 4 is 5.69 Å². The molecule has 0 amide bonds. The Bertz CT molecular complexity index is 601. The van der Waals surface area contributed by atoms with Crippen LogP contribution in [0.4, 0.5) is 5.69 Å². The molecule has 1 heterocycles. The maximum Gasteiger partial charge on any atom is 0.130 e. The maximum absolute atomic E-state index is 5.48. The van der Waals surface area contributed by atoms with Gasteiger partial charge in [0.1, 0.15) is 11.5 Å². The lowest BCUT2D eigenvalue weighted by Gasteiger charge is -2.18. The van der Waals surface area contributed by atoms with Crippen molar-refractivity contribution in [3.63, 3.8) is 0 Å². The zero-order chi connectivity index (χ0) is 14.7. The summed E-state index contributed by atoms with van der Waals surface area (Å²) in [5.41, 5.74) is 3.56. The lowest BCUT2D eigenvalue weighted by atomic mass is 10.0. The van der Waals surface area contributed by atoms with Crippen LogP contribution in [0.5, 0.6) is 11.5 Å². The summed E-state index contributed by atoms with van der Waals surface area (Å²) in [5, 5.41) is 0. The van der Waals surface area contributed by atoms with Crippen LogP contribution in [-0.2, 0) is 0 Å². The van der Waals surface area contributed by atoms with Crippen molar-refractivity contribution in [2.75, 3.05) is 32.2 Å². The van der Waals surface area contributed by atoms with Gasteiger partial charge in [-0.3, -0.25) is 0 Å². The molecule has 0 unspecified atom stereocenters. The first kappa shape index (κ1) is 13.8. The quantitative estimate of drug-likeness (QED) is 0.847. The number of hydrogen-bond donors (Lipinski definition) is 0. The molecule has 0 atom stereocenters. The van der Waals surface area contributed by atoms with Crippen molar-refractivity contribution < 1.29 is 9.47 Å². The molecule has 21 heavy (non-hydrogen) atoms. The van der Waals surface area contributed by atoms with Gasteiger partial charge in [-0.15, -0.1) is 0 Å². The van der Waals surface area contributed by atoms with Crippen molar-refractivity contribution in [1.29, 1.82) is 0 Å². The molecule has 1 fully saturated rings. The second-order valence-corrected chi connectivity index (χ2v) is 5.31. The maximum atomic E-state index is 5.48. The molecule has 2 aromatic rings. The first-order valence-corrected chi connectivity index (χ1v) is 7.39. The van der Waals surface area contributed by atoms with Crippen molar-refractivity contribution in [2.45, 2.75) is 12.8 Å². The van der Waals surface area contributed by atoms with Gasteiger partial charge in [-0.2, -0.15) is 0 Å². The van der Waals surface area contributed by atoms with Gasteiger partial charge in [-0.05, 0) is 42.7 Å². The van der Waals surface area contributed by atoms with Crippen molar-refractivity contribution in [3.05, 3.63) is 42.5 Å². The van der Waals surface area contributed by atoms with E-state index in [0.717, 1.165) is 22.6 Å². The minimum Gasteiger partial charge on any atom is -0.497 e. The Labute approximate surface area is 126 Å². The van der Waals surface area contributed by atoms with E-state index in [0.29, 0.717) is 0 Å². The van der Waals surface area contributed by atoms with Crippen LogP contribution < -0.4 is 14.4 Å². The molecule has 0 aromatic heterocycles. The van der Waals surface area contributed by atoms with Gasteiger partial charge in [0.05, 0.1) is 14.2 Å². The number of methoxy groups -OCH3 is 2. The van der Waals surface area contributed by atoms with Crippen LogP contribution in [0, 0.1) is 0 Å². The van der Waals surface area contributed by atoms with Gasteiger partial charge in [-0.1, -0.05) is 12.1 Å². The molecule has 0 saturated carbocycles. The average molecular weight is 283 g/mol. The molecule has 2 aromatic carbocycles. The third-order valence-corrected chi connectivity index (χ3v) is 4.06. The molecular weight excluding hydrogens is 262 g/mol. The van der Waals surface area contributed by atoms with Crippen LogP contribution >= 0.6 is 0 Å². The number of nitrogens with zero attached hydrogens (tertiary/aromatic N) is 1. The van der Waals surface area contributed by atoms with Crippen LogP contribution in [0.3, 0.4) is 0 Å². The lowest BCUT2D eigenvalue weighted by Crippen LogP contribution is -2.17. The molecule has 0 bridgehead atoms. The van der Waals surface area contributed by atoms with Crippen LogP contribution in [-0.4, -0.2) is 27.3 Å². The number of anilines is 1. The number of ether oxygens (including phenoxy) is 2. The summed E-state index contributed by atoms with van der Waals surface area (Å²) in [5.74, 6) is 1.65. The van der Waals surface area contributed by atoms with Crippen LogP contribution in [0.15, 0.2) is 42.5 Å². The lowest BCUT2D eigenvalue weighted by molar-refractivity contribution is 0.395. The predicted molar refractivity (Wildman–Crippen MR) is 86.4 cm³/mol. The molecule has 1 aliphatic heterocycles. The van der Waals surface area contributed by atoms with Gasteiger partial charge in [0, 0.05) is 30.4 Å². The van der Waals surface area contributed by atoms with Crippen molar-refractivity contribution in [2.24, 2.45) is 0 Å². The summed E-state index contributed by atoms with van der Waals surface area (Å²) < 4.78 is 10.7. The Hall–Kier alpha value is -2.16. The van der Waals surface area contributed by atoms with Gasteiger partial charge >= 0.3 is 0 Å². The highest BCUT2D eigenvalue weighted by atomic mass is 16.5. The predicted octanol–water partition coefficient (Wildman–Crippen LogP) is 3.97. The summed E-state index contributed by atoms with van der Waals surface area (Å²) in [7, 11) is 3.36. The third-order valence-electron chi connectivity index (χ3n) is 4.06. The second-order valence-electron chi connectivity index (χ2n) is 5.31. The summed E-state index contributed by atoms with van der Waals surface area (Å²) >= 11 is 0. The average Bonchev–Trinajstić information content (AvgIpc) is 3.09. The Balaban J connectivity index is 1.89. The normalized spacial score (nSPS) is 14.3. The van der Waals surface area contributed by atoms with E-state index < -0.39 is 0 Å². The van der Waals surface area contributed by atoms with Gasteiger partial charge in [-0.25, -0.2) is 0 Å². The van der Waals surface area contributed by atoms with Crippen molar-refractivity contribution in [3.8, 4) is 22.6 Å². The molecule has 1 saturated heterocycles. The van der Waals surface area contributed by atoms with E-state index in [9.17, 15) is 0 Å². The zero-order valence-corrected chi connectivity index (χ0v) is 12.6. The Kier molecular flexibility index (Phi) is 4.00. The number of hydrogen-bond acceptors (Lipinski definition) is 3. The number of benzene rings is 2. The molecule has 3 nitrogen and oxygen atoms in total. The topological polar surface area (TPSA) is 21.7 Å². The summed E-state index contributed by atoms with van der Waals surface area (Å²) in [6, 6.07) is 14.7. The Morgan fingerprint density at radius 2 is 1.57 bits per heavy atom. The van der Waals surface area contributed by atoms with Gasteiger partial charge < -0.3 is 14.4 Å². The van der Waals surface area contributed by atoms with E-state index in [1.807, 2.05) is 18.2 Å². The summed E-state index contributed by atoms with van der Waals surface area (Å²) in [6.07, 6.45) is 2.60. The minimum absolute atomic E-state index is 0.810. The molecule has 0 spiro atoms. The first-order valence-electron chi connectivity index (χ1n) is 7.39. The SMILES string of the molecule is COc1ccc(-c2ccc(N3CCCC3)cc2)c(OC)c1. The van der Waals surface area contributed by atoms with E-state index in [1.165, 1.54) is 31.6 Å². The largest absolute Gasteiger partial charge is 0.497 e. The highest BCUT2D eigenvalue weighted by Gasteiger charge is 2.13. The van der Waals surface area contributed by atoms with Gasteiger partial charge in [0.25, 0.3) is 0 Å². The highest BCUT2D eigenvalue weighted by molar-refractivity contribution is 5.73. The fourth-order valence-corrected chi connectivity index (χ4v) is 2.86. The molecule has 3 heteroatoms. The molecule has 0 aliphatic carbocycles. The van der Waals surface area contributed by atoms with E-state index in [1.54, 1.807) is 14.2 Å². The van der Waals surface area contributed by atoms with Crippen LogP contribution in [0.2, 0.25) is 0 Å². The molecule has 3 rings (SSSR count). The zero-order valence-electron chi connectivity index (χ0n) is 12.6.